The summed E-state index contributed by atoms with van der Waals surface area (Å²) in [5, 5.41) is 21.3. The zero-order valence-electron chi connectivity index (χ0n) is 32.3. The number of benzene rings is 5. The molecule has 0 amide bonds. The zero-order valence-corrected chi connectivity index (χ0v) is 32.3. The fraction of sp³-hybridized carbons (Fsp3) is 0.551. The molecule has 5 aromatic carbocycles. The second-order valence-corrected chi connectivity index (χ2v) is 18.6. The lowest BCUT2D eigenvalue weighted by atomic mass is 9.47. The summed E-state index contributed by atoms with van der Waals surface area (Å²) >= 11 is 0. The second kappa shape index (κ2) is 13.4. The highest BCUT2D eigenvalue weighted by atomic mass is 16.8. The van der Waals surface area contributed by atoms with E-state index < -0.39 is 6.48 Å². The Hall–Kier alpha value is -2.98. The molecule has 3 nitrogen and oxygen atoms in total. The molecule has 0 saturated heterocycles. The number of ether oxygens (including phenoxy) is 2. The molecular formula is C49H60O3. The normalized spacial score (nSPS) is 31.6. The first-order valence-corrected chi connectivity index (χ1v) is 20.9. The SMILES string of the molecule is CC(C)CCC[C@H](C)[C@H]1CCC2[C@@H]3CC=C4CC(OC(O)OCc5ccc6c7cccc8cccc(c9cccc5c96)c87)CC[C@]4(C)C3CC[C@@]21C. The van der Waals surface area contributed by atoms with E-state index in [1.807, 2.05) is 0 Å². The quantitative estimate of drug-likeness (QED) is 0.0684. The summed E-state index contributed by atoms with van der Waals surface area (Å²) in [4.78, 5) is 0. The molecule has 9 rings (SSSR count). The van der Waals surface area contributed by atoms with Crippen LogP contribution in [0.4, 0.5) is 0 Å². The van der Waals surface area contributed by atoms with Crippen LogP contribution in [0.2, 0.25) is 0 Å². The van der Waals surface area contributed by atoms with Crippen LogP contribution in [0.15, 0.2) is 78.4 Å². The summed E-state index contributed by atoms with van der Waals surface area (Å²) in [5.41, 5.74) is 3.46. The van der Waals surface area contributed by atoms with Crippen molar-refractivity contribution in [1.29, 1.82) is 0 Å². The van der Waals surface area contributed by atoms with Crippen molar-refractivity contribution in [3.63, 3.8) is 0 Å². The van der Waals surface area contributed by atoms with Crippen LogP contribution < -0.4 is 0 Å². The van der Waals surface area contributed by atoms with Crippen molar-refractivity contribution in [1.82, 2.24) is 0 Å². The van der Waals surface area contributed by atoms with Gasteiger partial charge in [0.2, 0.25) is 0 Å². The lowest BCUT2D eigenvalue weighted by Gasteiger charge is -2.58. The molecule has 0 bridgehead atoms. The lowest BCUT2D eigenvalue weighted by molar-refractivity contribution is -0.290. The van der Waals surface area contributed by atoms with E-state index in [0.717, 1.165) is 60.3 Å². The third-order valence-electron chi connectivity index (χ3n) is 15.6. The molecule has 5 aromatic rings. The van der Waals surface area contributed by atoms with Gasteiger partial charge in [-0.15, -0.1) is 0 Å². The summed E-state index contributed by atoms with van der Waals surface area (Å²) in [6, 6.07) is 24.2. The minimum absolute atomic E-state index is 0.00408. The monoisotopic (exact) mass is 696 g/mol. The number of rotatable bonds is 10. The Balaban J connectivity index is 0.865. The van der Waals surface area contributed by atoms with Gasteiger partial charge in [0, 0.05) is 0 Å². The Morgan fingerprint density at radius 1 is 0.750 bits per heavy atom. The van der Waals surface area contributed by atoms with Gasteiger partial charge < -0.3 is 14.6 Å². The molecule has 0 radical (unpaired) electrons. The van der Waals surface area contributed by atoms with Gasteiger partial charge in [-0.1, -0.05) is 132 Å². The highest BCUT2D eigenvalue weighted by Gasteiger charge is 2.59. The van der Waals surface area contributed by atoms with Crippen molar-refractivity contribution in [3.05, 3.63) is 83.9 Å². The van der Waals surface area contributed by atoms with Crippen LogP contribution in [0, 0.1) is 46.3 Å². The molecule has 3 heteroatoms. The first-order chi connectivity index (χ1) is 25.2. The fourth-order valence-corrected chi connectivity index (χ4v) is 13.0. The Kier molecular flexibility index (Phi) is 8.96. The van der Waals surface area contributed by atoms with E-state index in [0.29, 0.717) is 12.0 Å². The molecule has 3 saturated carbocycles. The number of fused-ring (bicyclic) bond motifs is 7. The lowest BCUT2D eigenvalue weighted by Crippen LogP contribution is -2.51. The van der Waals surface area contributed by atoms with Gasteiger partial charge in [0.25, 0.3) is 6.48 Å². The summed E-state index contributed by atoms with van der Waals surface area (Å²) in [7, 11) is 0. The Bertz CT molecular complexity index is 2060. The average molecular weight is 697 g/mol. The van der Waals surface area contributed by atoms with Crippen molar-refractivity contribution in [2.75, 3.05) is 0 Å². The topological polar surface area (TPSA) is 38.7 Å². The Labute approximate surface area is 311 Å². The molecular weight excluding hydrogens is 637 g/mol. The first-order valence-electron chi connectivity index (χ1n) is 20.9. The van der Waals surface area contributed by atoms with Gasteiger partial charge in [-0.2, -0.15) is 0 Å². The van der Waals surface area contributed by atoms with Gasteiger partial charge in [-0.3, -0.25) is 0 Å². The average Bonchev–Trinajstić information content (AvgIpc) is 3.50. The van der Waals surface area contributed by atoms with E-state index in [1.54, 1.807) is 5.57 Å². The highest BCUT2D eigenvalue weighted by molar-refractivity contribution is 6.33. The van der Waals surface area contributed by atoms with Gasteiger partial charge >= 0.3 is 0 Å². The van der Waals surface area contributed by atoms with Crippen molar-refractivity contribution >= 4 is 43.1 Å². The molecule has 0 aromatic heterocycles. The molecule has 0 spiro atoms. The molecule has 274 valence electrons. The van der Waals surface area contributed by atoms with Crippen LogP contribution in [0.3, 0.4) is 0 Å². The third kappa shape index (κ3) is 5.63. The number of allylic oxidation sites excluding steroid dienone is 1. The maximum atomic E-state index is 11.1. The fourth-order valence-electron chi connectivity index (χ4n) is 13.0. The molecule has 3 fully saturated rings. The van der Waals surface area contributed by atoms with E-state index in [4.69, 9.17) is 9.47 Å². The minimum atomic E-state index is -1.24. The Morgan fingerprint density at radius 3 is 2.23 bits per heavy atom. The van der Waals surface area contributed by atoms with Crippen LogP contribution in [0.25, 0.3) is 43.1 Å². The molecule has 52 heavy (non-hydrogen) atoms. The van der Waals surface area contributed by atoms with Crippen LogP contribution in [-0.4, -0.2) is 17.7 Å². The van der Waals surface area contributed by atoms with E-state index in [-0.39, 0.29) is 11.5 Å². The predicted octanol–water partition coefficient (Wildman–Crippen LogP) is 13.0. The van der Waals surface area contributed by atoms with Gasteiger partial charge in [-0.05, 0) is 146 Å². The minimum Gasteiger partial charge on any atom is -0.346 e. The number of hydrogen-bond acceptors (Lipinski definition) is 3. The molecule has 4 aliphatic carbocycles. The highest BCUT2D eigenvalue weighted by Crippen LogP contribution is 2.67. The molecule has 4 unspecified atom stereocenters. The van der Waals surface area contributed by atoms with E-state index >= 15 is 0 Å². The predicted molar refractivity (Wildman–Crippen MR) is 216 cm³/mol. The summed E-state index contributed by atoms with van der Waals surface area (Å²) in [5.74, 6) is 5.06. The van der Waals surface area contributed by atoms with E-state index in [9.17, 15) is 5.11 Å². The van der Waals surface area contributed by atoms with Crippen LogP contribution in [0.5, 0.6) is 0 Å². The van der Waals surface area contributed by atoms with E-state index in [2.05, 4.69) is 107 Å². The van der Waals surface area contributed by atoms with Gasteiger partial charge in [0.1, 0.15) is 0 Å². The van der Waals surface area contributed by atoms with Crippen LogP contribution in [-0.2, 0) is 16.1 Å². The van der Waals surface area contributed by atoms with Gasteiger partial charge in [0.05, 0.1) is 12.7 Å². The number of aliphatic hydroxyl groups is 1. The van der Waals surface area contributed by atoms with Crippen molar-refractivity contribution in [2.45, 2.75) is 124 Å². The molecule has 4 aliphatic rings. The zero-order chi connectivity index (χ0) is 35.8. The Morgan fingerprint density at radius 2 is 1.46 bits per heavy atom. The van der Waals surface area contributed by atoms with E-state index in [1.165, 1.54) is 94.5 Å². The maximum absolute atomic E-state index is 11.1. The van der Waals surface area contributed by atoms with Crippen molar-refractivity contribution in [2.24, 2.45) is 46.3 Å². The van der Waals surface area contributed by atoms with Crippen LogP contribution >= 0.6 is 0 Å². The van der Waals surface area contributed by atoms with Gasteiger partial charge in [-0.25, -0.2) is 0 Å². The molecule has 0 heterocycles. The molecule has 1 N–H and O–H groups in total. The van der Waals surface area contributed by atoms with Crippen LogP contribution in [0.1, 0.15) is 111 Å². The standard InChI is InChI=1S/C49H60O3/c1-30(2)10-6-11-31(3)42-22-23-43-41-21-19-34-28-35(24-26-48(34,4)44(41)25-27-49(42,43)5)52-47(50)51-29-33-18-20-40-38-16-8-13-32-12-7-15-37(45(32)38)39-17-9-14-36(33)46(39)40/h7-9,12-20,30-31,35,41-44,47,50H,6,10-11,21-29H2,1-5H3/t31-,35?,41-,42+,43?,44?,47?,48-,49+/m0/s1. The third-order valence-corrected chi connectivity index (χ3v) is 15.6. The summed E-state index contributed by atoms with van der Waals surface area (Å²) in [6.45, 7) is 11.7. The largest absolute Gasteiger partial charge is 0.346 e. The first kappa shape index (κ1) is 34.8. The van der Waals surface area contributed by atoms with Gasteiger partial charge in [0.15, 0.2) is 0 Å². The second-order valence-electron chi connectivity index (χ2n) is 18.6. The molecule has 9 atom stereocenters. The summed E-state index contributed by atoms with van der Waals surface area (Å²) < 4.78 is 12.4. The van der Waals surface area contributed by atoms with Crippen molar-refractivity contribution < 1.29 is 14.6 Å². The number of aliphatic hydroxyl groups excluding tert-OH is 1. The summed E-state index contributed by atoms with van der Waals surface area (Å²) in [6.07, 6.45) is 16.8. The smallest absolute Gasteiger partial charge is 0.269 e. The molecule has 0 aliphatic heterocycles. The van der Waals surface area contributed by atoms with Crippen molar-refractivity contribution in [3.8, 4) is 0 Å². The number of hydrogen-bond donors (Lipinski definition) is 1. The maximum Gasteiger partial charge on any atom is 0.269 e.